The van der Waals surface area contributed by atoms with Crippen molar-refractivity contribution >= 4 is 11.8 Å². The molecule has 0 aliphatic carbocycles. The summed E-state index contributed by atoms with van der Waals surface area (Å²) in [4.78, 5) is 28.7. The maximum absolute atomic E-state index is 13.0. The summed E-state index contributed by atoms with van der Waals surface area (Å²) in [5.74, 6) is 1.11. The Bertz CT molecular complexity index is 911. The molecule has 2 saturated heterocycles. The minimum absolute atomic E-state index is 0.0638. The largest absolute Gasteiger partial charge is 0.493 e. The van der Waals surface area contributed by atoms with Gasteiger partial charge in [0.25, 0.3) is 11.8 Å². The van der Waals surface area contributed by atoms with E-state index >= 15 is 0 Å². The van der Waals surface area contributed by atoms with Crippen LogP contribution in [0.2, 0.25) is 0 Å². The third kappa shape index (κ3) is 5.78. The van der Waals surface area contributed by atoms with Gasteiger partial charge in [0.05, 0.1) is 6.61 Å². The van der Waals surface area contributed by atoms with Crippen molar-refractivity contribution in [2.75, 3.05) is 39.4 Å². The molecular formula is C25H29FN2O4. The number of amides is 2. The highest BCUT2D eigenvalue weighted by atomic mass is 19.1. The van der Waals surface area contributed by atoms with Crippen molar-refractivity contribution in [3.63, 3.8) is 0 Å². The van der Waals surface area contributed by atoms with Gasteiger partial charge in [0, 0.05) is 37.7 Å². The predicted octanol–water partition coefficient (Wildman–Crippen LogP) is 3.76. The molecule has 2 aromatic rings. The monoisotopic (exact) mass is 440 g/mol. The molecule has 2 aliphatic heterocycles. The van der Waals surface area contributed by atoms with Crippen molar-refractivity contribution in [2.24, 2.45) is 5.92 Å². The quantitative estimate of drug-likeness (QED) is 0.658. The van der Waals surface area contributed by atoms with Crippen LogP contribution in [0.3, 0.4) is 0 Å². The van der Waals surface area contributed by atoms with Gasteiger partial charge in [0.15, 0.2) is 6.61 Å². The molecule has 0 saturated carbocycles. The third-order valence-electron chi connectivity index (χ3n) is 6.03. The normalized spacial score (nSPS) is 18.5. The fourth-order valence-corrected chi connectivity index (χ4v) is 4.21. The van der Waals surface area contributed by atoms with Gasteiger partial charge in [-0.2, -0.15) is 0 Å². The number of hydrogen-bond donors (Lipinski definition) is 0. The number of rotatable bonds is 7. The average molecular weight is 441 g/mol. The Labute approximate surface area is 187 Å². The van der Waals surface area contributed by atoms with E-state index in [0.717, 1.165) is 44.5 Å². The van der Waals surface area contributed by atoms with E-state index < -0.39 is 0 Å². The fourth-order valence-electron chi connectivity index (χ4n) is 4.21. The van der Waals surface area contributed by atoms with Crippen molar-refractivity contribution in [2.45, 2.75) is 25.7 Å². The van der Waals surface area contributed by atoms with Gasteiger partial charge in [-0.25, -0.2) is 4.39 Å². The zero-order chi connectivity index (χ0) is 22.3. The zero-order valence-electron chi connectivity index (χ0n) is 18.2. The molecule has 0 radical (unpaired) electrons. The summed E-state index contributed by atoms with van der Waals surface area (Å²) in [6.07, 6.45) is 4.06. The fraction of sp³-hybridized carbons (Fsp3) is 0.440. The summed E-state index contributed by atoms with van der Waals surface area (Å²) in [5.41, 5.74) is 0.690. The second-order valence-electron chi connectivity index (χ2n) is 8.43. The van der Waals surface area contributed by atoms with Crippen LogP contribution in [-0.2, 0) is 4.79 Å². The van der Waals surface area contributed by atoms with Crippen LogP contribution in [0.25, 0.3) is 0 Å². The summed E-state index contributed by atoms with van der Waals surface area (Å²) in [6, 6.07) is 13.0. The minimum Gasteiger partial charge on any atom is -0.493 e. The lowest BCUT2D eigenvalue weighted by Crippen LogP contribution is -2.43. The Morgan fingerprint density at radius 3 is 2.19 bits per heavy atom. The lowest BCUT2D eigenvalue weighted by Gasteiger charge is -2.32. The van der Waals surface area contributed by atoms with Crippen molar-refractivity contribution in [3.05, 3.63) is 59.9 Å². The van der Waals surface area contributed by atoms with Crippen molar-refractivity contribution in [3.8, 4) is 11.5 Å². The standard InChI is InChI=1S/C25H29FN2O4/c26-21-7-11-23(12-8-21)32-18-24(29)28-15-3-4-19(16-28)17-31-22-9-5-20(6-10-22)25(30)27-13-1-2-14-27/h5-12,19H,1-4,13-18H2/t19-/m0/s1. The topological polar surface area (TPSA) is 59.1 Å². The molecule has 2 aromatic carbocycles. The molecule has 170 valence electrons. The van der Waals surface area contributed by atoms with E-state index in [1.807, 2.05) is 29.2 Å². The van der Waals surface area contributed by atoms with E-state index in [0.29, 0.717) is 31.0 Å². The third-order valence-corrected chi connectivity index (χ3v) is 6.03. The Morgan fingerprint density at radius 2 is 1.47 bits per heavy atom. The summed E-state index contributed by atoms with van der Waals surface area (Å²) in [5, 5.41) is 0. The van der Waals surface area contributed by atoms with Crippen LogP contribution >= 0.6 is 0 Å². The first-order valence-electron chi connectivity index (χ1n) is 11.3. The molecular weight excluding hydrogens is 411 g/mol. The molecule has 2 amide bonds. The van der Waals surface area contributed by atoms with Crippen LogP contribution in [-0.4, -0.2) is 61.0 Å². The molecule has 32 heavy (non-hydrogen) atoms. The van der Waals surface area contributed by atoms with Crippen LogP contribution in [0.1, 0.15) is 36.0 Å². The van der Waals surface area contributed by atoms with Crippen molar-refractivity contribution < 1.29 is 23.5 Å². The first kappa shape index (κ1) is 22.1. The SMILES string of the molecule is O=C(COc1ccc(F)cc1)N1CCC[C@H](COc2ccc(C(=O)N3CCCC3)cc2)C1. The van der Waals surface area contributed by atoms with Crippen LogP contribution in [0.15, 0.2) is 48.5 Å². The number of carbonyl (C=O) groups excluding carboxylic acids is 2. The van der Waals surface area contributed by atoms with Crippen LogP contribution in [0.4, 0.5) is 4.39 Å². The molecule has 2 fully saturated rings. The lowest BCUT2D eigenvalue weighted by molar-refractivity contribution is -0.135. The second-order valence-corrected chi connectivity index (χ2v) is 8.43. The molecule has 2 heterocycles. The predicted molar refractivity (Wildman–Crippen MR) is 118 cm³/mol. The number of halogens is 1. The van der Waals surface area contributed by atoms with Gasteiger partial charge in [-0.1, -0.05) is 0 Å². The molecule has 0 bridgehead atoms. The van der Waals surface area contributed by atoms with Gasteiger partial charge in [0.1, 0.15) is 17.3 Å². The van der Waals surface area contributed by atoms with Crippen molar-refractivity contribution in [1.82, 2.24) is 9.80 Å². The molecule has 7 heteroatoms. The Morgan fingerprint density at radius 1 is 0.844 bits per heavy atom. The molecule has 2 aliphatic rings. The van der Waals surface area contributed by atoms with Gasteiger partial charge in [-0.15, -0.1) is 0 Å². The van der Waals surface area contributed by atoms with E-state index in [-0.39, 0.29) is 30.2 Å². The number of nitrogens with zero attached hydrogens (tertiary/aromatic N) is 2. The number of carbonyl (C=O) groups is 2. The van der Waals surface area contributed by atoms with E-state index in [2.05, 4.69) is 0 Å². The maximum atomic E-state index is 13.0. The lowest BCUT2D eigenvalue weighted by atomic mass is 9.99. The van der Waals surface area contributed by atoms with E-state index in [1.54, 1.807) is 4.90 Å². The first-order valence-corrected chi connectivity index (χ1v) is 11.3. The Balaban J connectivity index is 1.22. The van der Waals surface area contributed by atoms with E-state index in [4.69, 9.17) is 9.47 Å². The number of hydrogen-bond acceptors (Lipinski definition) is 4. The van der Waals surface area contributed by atoms with Gasteiger partial charge < -0.3 is 19.3 Å². The highest BCUT2D eigenvalue weighted by Gasteiger charge is 2.25. The molecule has 0 aromatic heterocycles. The summed E-state index contributed by atoms with van der Waals surface area (Å²) >= 11 is 0. The van der Waals surface area contributed by atoms with Crippen molar-refractivity contribution in [1.29, 1.82) is 0 Å². The summed E-state index contributed by atoms with van der Waals surface area (Å²) in [6.45, 7) is 3.45. The number of likely N-dealkylation sites (tertiary alicyclic amines) is 2. The van der Waals surface area contributed by atoms with Crippen LogP contribution < -0.4 is 9.47 Å². The van der Waals surface area contributed by atoms with E-state index in [1.165, 1.54) is 24.3 Å². The minimum atomic E-state index is -0.338. The van der Waals surface area contributed by atoms with Gasteiger partial charge >= 0.3 is 0 Å². The molecule has 0 spiro atoms. The Hall–Kier alpha value is -3.09. The number of benzene rings is 2. The second kappa shape index (κ2) is 10.5. The average Bonchev–Trinajstić information content (AvgIpc) is 3.37. The van der Waals surface area contributed by atoms with Gasteiger partial charge in [-0.3, -0.25) is 9.59 Å². The summed E-state index contributed by atoms with van der Waals surface area (Å²) in [7, 11) is 0. The summed E-state index contributed by atoms with van der Waals surface area (Å²) < 4.78 is 24.4. The number of piperidine rings is 1. The highest BCUT2D eigenvalue weighted by Crippen LogP contribution is 2.21. The molecule has 0 unspecified atom stereocenters. The molecule has 4 rings (SSSR count). The molecule has 0 N–H and O–H groups in total. The van der Waals surface area contributed by atoms with Gasteiger partial charge in [-0.05, 0) is 74.2 Å². The zero-order valence-corrected chi connectivity index (χ0v) is 18.2. The first-order chi connectivity index (χ1) is 15.6. The van der Waals surface area contributed by atoms with Crippen LogP contribution in [0.5, 0.6) is 11.5 Å². The van der Waals surface area contributed by atoms with E-state index in [9.17, 15) is 14.0 Å². The van der Waals surface area contributed by atoms with Crippen LogP contribution in [0, 0.1) is 11.7 Å². The maximum Gasteiger partial charge on any atom is 0.260 e. The number of ether oxygens (including phenoxy) is 2. The smallest absolute Gasteiger partial charge is 0.260 e. The Kier molecular flexibility index (Phi) is 7.24. The highest BCUT2D eigenvalue weighted by molar-refractivity contribution is 5.94. The van der Waals surface area contributed by atoms with Gasteiger partial charge in [0.2, 0.25) is 0 Å². The molecule has 6 nitrogen and oxygen atoms in total. The molecule has 1 atom stereocenters.